The summed E-state index contributed by atoms with van der Waals surface area (Å²) in [5.41, 5.74) is -0.987. The minimum atomic E-state index is -2.91. The average molecular weight is 324 g/mol. The lowest BCUT2D eigenvalue weighted by Crippen LogP contribution is -2.46. The number of imide groups is 1. The normalized spacial score (nSPS) is 14.3. The van der Waals surface area contributed by atoms with Crippen LogP contribution < -0.4 is 5.43 Å². The molecule has 1 aliphatic heterocycles. The van der Waals surface area contributed by atoms with E-state index in [9.17, 15) is 23.2 Å². The van der Waals surface area contributed by atoms with Crippen LogP contribution in [-0.2, 0) is 17.6 Å². The number of carbonyl (C=O) groups is 2. The largest absolute Gasteiger partial charge is 0.318 e. The number of pyridine rings is 1. The average Bonchev–Trinajstić information content (AvgIpc) is 2.48. The van der Waals surface area contributed by atoms with Crippen LogP contribution in [0.2, 0.25) is 0 Å². The Morgan fingerprint density at radius 2 is 2.04 bits per heavy atom. The summed E-state index contributed by atoms with van der Waals surface area (Å²) < 4.78 is 27.6. The SMILES string of the molecule is C=CCN1C(=O)Cc2c(c(=O)cc(CCCC)n2C(F)F)C1=O. The smallest absolute Gasteiger partial charge is 0.291 e. The summed E-state index contributed by atoms with van der Waals surface area (Å²) in [4.78, 5) is 37.5. The molecule has 0 aromatic carbocycles. The van der Waals surface area contributed by atoms with Gasteiger partial charge in [0.25, 0.3) is 5.91 Å². The maximum atomic E-state index is 13.5. The molecule has 5 nitrogen and oxygen atoms in total. The van der Waals surface area contributed by atoms with Gasteiger partial charge >= 0.3 is 6.55 Å². The summed E-state index contributed by atoms with van der Waals surface area (Å²) in [6, 6.07) is 1.08. The third-order valence-electron chi connectivity index (χ3n) is 3.80. The standard InChI is InChI=1S/C16H18F2N2O3/c1-3-5-6-10-8-12(21)14-11(20(10)16(17)18)9-13(22)19(7-4-2)15(14)23/h4,8,16H,2-3,5-7,9H2,1H3. The number of carbonyl (C=O) groups excluding carboxylic acids is 2. The number of unbranched alkanes of at least 4 members (excludes halogenated alkanes) is 1. The monoisotopic (exact) mass is 324 g/mol. The van der Waals surface area contributed by atoms with E-state index >= 15 is 0 Å². The van der Waals surface area contributed by atoms with E-state index in [1.54, 1.807) is 0 Å². The number of nitrogens with zero attached hydrogens (tertiary/aromatic N) is 2. The third kappa shape index (κ3) is 3.09. The minimum absolute atomic E-state index is 0.0528. The van der Waals surface area contributed by atoms with Gasteiger partial charge in [-0.2, -0.15) is 8.78 Å². The predicted molar refractivity (Wildman–Crippen MR) is 80.5 cm³/mol. The Hall–Kier alpha value is -2.31. The molecule has 1 aliphatic rings. The van der Waals surface area contributed by atoms with Crippen molar-refractivity contribution < 1.29 is 18.4 Å². The van der Waals surface area contributed by atoms with Crippen molar-refractivity contribution in [3.63, 3.8) is 0 Å². The molecular weight excluding hydrogens is 306 g/mol. The summed E-state index contributed by atoms with van der Waals surface area (Å²) in [6.07, 6.45) is 2.66. The fourth-order valence-corrected chi connectivity index (χ4v) is 2.73. The van der Waals surface area contributed by atoms with E-state index in [0.717, 1.165) is 17.4 Å². The third-order valence-corrected chi connectivity index (χ3v) is 3.80. The van der Waals surface area contributed by atoms with Gasteiger partial charge in [0.2, 0.25) is 5.91 Å². The molecule has 0 atom stereocenters. The first-order valence-corrected chi connectivity index (χ1v) is 7.43. The highest BCUT2D eigenvalue weighted by Crippen LogP contribution is 2.25. The van der Waals surface area contributed by atoms with Crippen molar-refractivity contribution in [1.29, 1.82) is 0 Å². The second kappa shape index (κ2) is 6.85. The Bertz CT molecular complexity index is 710. The van der Waals surface area contributed by atoms with Crippen LogP contribution in [0.4, 0.5) is 8.78 Å². The zero-order valence-corrected chi connectivity index (χ0v) is 12.8. The Morgan fingerprint density at radius 1 is 1.35 bits per heavy atom. The number of fused-ring (bicyclic) bond motifs is 1. The van der Waals surface area contributed by atoms with Crippen LogP contribution >= 0.6 is 0 Å². The first-order chi connectivity index (χ1) is 10.9. The molecule has 23 heavy (non-hydrogen) atoms. The molecule has 0 bridgehead atoms. The molecule has 1 aromatic heterocycles. The van der Waals surface area contributed by atoms with Crippen LogP contribution in [0.3, 0.4) is 0 Å². The number of alkyl halides is 2. The van der Waals surface area contributed by atoms with Gasteiger partial charge in [0.15, 0.2) is 5.43 Å². The Labute approximate surface area is 132 Å². The van der Waals surface area contributed by atoms with Gasteiger partial charge in [-0.15, -0.1) is 6.58 Å². The molecular formula is C16H18F2N2O3. The first-order valence-electron chi connectivity index (χ1n) is 7.43. The van der Waals surface area contributed by atoms with Crippen LogP contribution in [0.1, 0.15) is 48.1 Å². The second-order valence-electron chi connectivity index (χ2n) is 5.35. The van der Waals surface area contributed by atoms with Crippen LogP contribution in [-0.4, -0.2) is 27.8 Å². The topological polar surface area (TPSA) is 59.4 Å². The molecule has 0 saturated carbocycles. The molecule has 2 heterocycles. The molecule has 124 valence electrons. The lowest BCUT2D eigenvalue weighted by Gasteiger charge is -2.28. The first kappa shape index (κ1) is 17.1. The maximum Gasteiger partial charge on any atom is 0.318 e. The van der Waals surface area contributed by atoms with Crippen LogP contribution in [0, 0.1) is 0 Å². The van der Waals surface area contributed by atoms with Crippen LogP contribution in [0.5, 0.6) is 0 Å². The van der Waals surface area contributed by atoms with Gasteiger partial charge in [-0.25, -0.2) is 0 Å². The van der Waals surface area contributed by atoms with Gasteiger partial charge in [0, 0.05) is 24.0 Å². The quantitative estimate of drug-likeness (QED) is 0.596. The van der Waals surface area contributed by atoms with E-state index in [-0.39, 0.29) is 23.5 Å². The molecule has 0 spiro atoms. The molecule has 0 radical (unpaired) electrons. The van der Waals surface area contributed by atoms with Crippen molar-refractivity contribution in [2.45, 2.75) is 39.2 Å². The summed E-state index contributed by atoms with van der Waals surface area (Å²) in [7, 11) is 0. The summed E-state index contributed by atoms with van der Waals surface area (Å²) in [6.45, 7) is 2.39. The highest BCUT2D eigenvalue weighted by Gasteiger charge is 2.36. The fourth-order valence-electron chi connectivity index (χ4n) is 2.73. The number of aryl methyl sites for hydroxylation is 1. The molecule has 1 aromatic rings. The number of amides is 2. The number of aromatic nitrogens is 1. The lowest BCUT2D eigenvalue weighted by molar-refractivity contribution is -0.128. The summed E-state index contributed by atoms with van der Waals surface area (Å²) in [5.74, 6) is -1.44. The van der Waals surface area contributed by atoms with E-state index in [4.69, 9.17) is 0 Å². The van der Waals surface area contributed by atoms with E-state index in [2.05, 4.69) is 6.58 Å². The number of hydrogen-bond donors (Lipinski definition) is 0. The van der Waals surface area contributed by atoms with Gasteiger partial charge in [-0.3, -0.25) is 23.9 Å². The van der Waals surface area contributed by atoms with Crippen molar-refractivity contribution in [2.75, 3.05) is 6.54 Å². The minimum Gasteiger partial charge on any atom is -0.291 e. The predicted octanol–water partition coefficient (Wildman–Crippen LogP) is 2.30. The fraction of sp³-hybridized carbons (Fsp3) is 0.438. The van der Waals surface area contributed by atoms with Crippen molar-refractivity contribution in [1.82, 2.24) is 9.47 Å². The second-order valence-corrected chi connectivity index (χ2v) is 5.35. The van der Waals surface area contributed by atoms with Crippen LogP contribution in [0.15, 0.2) is 23.5 Å². The molecule has 2 rings (SSSR count). The van der Waals surface area contributed by atoms with Crippen molar-refractivity contribution in [2.24, 2.45) is 0 Å². The Balaban J connectivity index is 2.64. The van der Waals surface area contributed by atoms with Gasteiger partial charge in [0.1, 0.15) is 5.56 Å². The van der Waals surface area contributed by atoms with Crippen LogP contribution in [0.25, 0.3) is 0 Å². The van der Waals surface area contributed by atoms with Crippen molar-refractivity contribution >= 4 is 11.8 Å². The van der Waals surface area contributed by atoms with Gasteiger partial charge in [-0.05, 0) is 12.8 Å². The summed E-state index contributed by atoms with van der Waals surface area (Å²) >= 11 is 0. The molecule has 0 unspecified atom stereocenters. The maximum absolute atomic E-state index is 13.5. The summed E-state index contributed by atoms with van der Waals surface area (Å²) in [5, 5.41) is 0. The van der Waals surface area contributed by atoms with E-state index in [1.165, 1.54) is 6.08 Å². The van der Waals surface area contributed by atoms with E-state index in [0.29, 0.717) is 17.4 Å². The zero-order valence-electron chi connectivity index (χ0n) is 12.8. The molecule has 7 heteroatoms. The molecule has 0 N–H and O–H groups in total. The lowest BCUT2D eigenvalue weighted by atomic mass is 10.0. The Morgan fingerprint density at radius 3 is 2.61 bits per heavy atom. The van der Waals surface area contributed by atoms with Gasteiger partial charge in [0.05, 0.1) is 6.42 Å². The Kier molecular flexibility index (Phi) is 5.08. The number of hydrogen-bond acceptors (Lipinski definition) is 3. The van der Waals surface area contributed by atoms with Crippen molar-refractivity contribution in [3.8, 4) is 0 Å². The molecule has 0 saturated heterocycles. The van der Waals surface area contributed by atoms with Crippen molar-refractivity contribution in [3.05, 3.63) is 45.9 Å². The molecule has 0 aliphatic carbocycles. The van der Waals surface area contributed by atoms with E-state index < -0.39 is 30.2 Å². The highest BCUT2D eigenvalue weighted by atomic mass is 19.3. The molecule has 0 fully saturated rings. The molecule has 2 amide bonds. The van der Waals surface area contributed by atoms with E-state index in [1.807, 2.05) is 6.92 Å². The van der Waals surface area contributed by atoms with Gasteiger partial charge in [-0.1, -0.05) is 19.4 Å². The number of rotatable bonds is 6. The highest BCUT2D eigenvalue weighted by molar-refractivity contribution is 6.09. The number of halogens is 2. The van der Waals surface area contributed by atoms with Gasteiger partial charge < -0.3 is 0 Å². The zero-order chi connectivity index (χ0) is 17.1.